The van der Waals surface area contributed by atoms with Crippen LogP contribution in [-0.4, -0.2) is 56.3 Å². The van der Waals surface area contributed by atoms with Gasteiger partial charge in [0.25, 0.3) is 0 Å². The number of carbonyl (C=O) groups is 1. The van der Waals surface area contributed by atoms with Crippen molar-refractivity contribution in [3.63, 3.8) is 0 Å². The monoisotopic (exact) mass is 405 g/mol. The molecule has 28 heavy (non-hydrogen) atoms. The molecule has 3 rings (SSSR count). The number of nitrogens with zero attached hydrogens (tertiary/aromatic N) is 2. The lowest BCUT2D eigenvalue weighted by Gasteiger charge is -2.33. The Labute approximate surface area is 165 Å². The fourth-order valence-corrected chi connectivity index (χ4v) is 4.53. The van der Waals surface area contributed by atoms with Crippen LogP contribution in [0.15, 0.2) is 53.4 Å². The van der Waals surface area contributed by atoms with Crippen molar-refractivity contribution < 1.29 is 17.6 Å². The summed E-state index contributed by atoms with van der Waals surface area (Å²) >= 11 is 0. The van der Waals surface area contributed by atoms with Gasteiger partial charge < -0.3 is 5.32 Å². The highest BCUT2D eigenvalue weighted by Crippen LogP contribution is 2.18. The van der Waals surface area contributed by atoms with Gasteiger partial charge in [0, 0.05) is 31.9 Å². The lowest BCUT2D eigenvalue weighted by Crippen LogP contribution is -2.50. The van der Waals surface area contributed by atoms with Crippen molar-refractivity contribution in [1.29, 1.82) is 0 Å². The topological polar surface area (TPSA) is 69.7 Å². The lowest BCUT2D eigenvalue weighted by atomic mass is 10.2. The van der Waals surface area contributed by atoms with Gasteiger partial charge in [-0.05, 0) is 48.4 Å². The molecule has 0 spiro atoms. The van der Waals surface area contributed by atoms with E-state index in [2.05, 4.69) is 5.32 Å². The summed E-state index contributed by atoms with van der Waals surface area (Å²) in [6.07, 6.45) is 0.860. The number of nitrogens with one attached hydrogen (secondary N) is 1. The van der Waals surface area contributed by atoms with Crippen LogP contribution < -0.4 is 5.32 Å². The highest BCUT2D eigenvalue weighted by Gasteiger charge is 2.29. The molecule has 8 heteroatoms. The minimum atomic E-state index is -3.52. The molecule has 1 N–H and O–H groups in total. The van der Waals surface area contributed by atoms with Crippen LogP contribution in [0, 0.1) is 5.82 Å². The number of carbonyl (C=O) groups excluding carboxylic acids is 1. The number of hydrogen-bond donors (Lipinski definition) is 1. The van der Waals surface area contributed by atoms with Crippen molar-refractivity contribution in [3.8, 4) is 0 Å². The molecule has 0 aliphatic carbocycles. The van der Waals surface area contributed by atoms with Gasteiger partial charge in [-0.3, -0.25) is 9.69 Å². The quantitative estimate of drug-likeness (QED) is 0.801. The van der Waals surface area contributed by atoms with Crippen molar-refractivity contribution in [1.82, 2.24) is 9.21 Å². The molecule has 1 fully saturated rings. The summed E-state index contributed by atoms with van der Waals surface area (Å²) in [5, 5.41) is 2.72. The first kappa shape index (κ1) is 20.4. The second-order valence-electron chi connectivity index (χ2n) is 6.73. The van der Waals surface area contributed by atoms with E-state index in [1.165, 1.54) is 28.6 Å². The second-order valence-corrected chi connectivity index (χ2v) is 8.67. The lowest BCUT2D eigenvalue weighted by molar-refractivity contribution is -0.117. The van der Waals surface area contributed by atoms with E-state index in [1.807, 2.05) is 24.0 Å². The average Bonchev–Trinajstić information content (AvgIpc) is 2.70. The standard InChI is InChI=1S/C20H24FN3O3S/c1-2-16-3-9-19(10-4-16)28(26,27)24-13-11-23(12-14-24)15-20(25)22-18-7-5-17(21)6-8-18/h3-10H,2,11-15H2,1H3,(H,22,25). The molecule has 1 amide bonds. The van der Waals surface area contributed by atoms with Crippen molar-refractivity contribution in [3.05, 3.63) is 59.9 Å². The van der Waals surface area contributed by atoms with Gasteiger partial charge in [-0.1, -0.05) is 19.1 Å². The summed E-state index contributed by atoms with van der Waals surface area (Å²) in [6, 6.07) is 12.5. The van der Waals surface area contributed by atoms with Gasteiger partial charge in [-0.15, -0.1) is 0 Å². The maximum Gasteiger partial charge on any atom is 0.243 e. The van der Waals surface area contributed by atoms with E-state index in [0.29, 0.717) is 36.8 Å². The zero-order valence-corrected chi connectivity index (χ0v) is 16.6. The second kappa shape index (κ2) is 8.81. The summed E-state index contributed by atoms with van der Waals surface area (Å²) in [7, 11) is -3.52. The number of aryl methyl sites for hydroxylation is 1. The maximum absolute atomic E-state index is 12.9. The van der Waals surface area contributed by atoms with E-state index in [1.54, 1.807) is 12.1 Å². The van der Waals surface area contributed by atoms with Crippen LogP contribution in [0.1, 0.15) is 12.5 Å². The Hall–Kier alpha value is -2.29. The minimum Gasteiger partial charge on any atom is -0.325 e. The Morgan fingerprint density at radius 2 is 1.61 bits per heavy atom. The molecule has 1 heterocycles. The van der Waals surface area contributed by atoms with Crippen LogP contribution >= 0.6 is 0 Å². The maximum atomic E-state index is 12.9. The first-order chi connectivity index (χ1) is 13.4. The molecule has 0 bridgehead atoms. The first-order valence-corrected chi connectivity index (χ1v) is 10.7. The number of rotatable bonds is 6. The highest BCUT2D eigenvalue weighted by atomic mass is 32.2. The number of amides is 1. The molecule has 1 aliphatic rings. The number of sulfonamides is 1. The third-order valence-corrected chi connectivity index (χ3v) is 6.71. The van der Waals surface area contributed by atoms with Gasteiger partial charge >= 0.3 is 0 Å². The molecule has 1 aliphatic heterocycles. The van der Waals surface area contributed by atoms with Gasteiger partial charge in [0.2, 0.25) is 15.9 Å². The van der Waals surface area contributed by atoms with E-state index in [0.717, 1.165) is 12.0 Å². The molecule has 2 aromatic carbocycles. The number of hydrogen-bond acceptors (Lipinski definition) is 4. The molecule has 0 unspecified atom stereocenters. The van der Waals surface area contributed by atoms with Crippen LogP contribution in [0.2, 0.25) is 0 Å². The van der Waals surface area contributed by atoms with Gasteiger partial charge in [0.05, 0.1) is 11.4 Å². The van der Waals surface area contributed by atoms with Gasteiger partial charge in [0.15, 0.2) is 0 Å². The van der Waals surface area contributed by atoms with E-state index in [9.17, 15) is 17.6 Å². The van der Waals surface area contributed by atoms with Crippen molar-refractivity contribution >= 4 is 21.6 Å². The van der Waals surface area contributed by atoms with E-state index in [-0.39, 0.29) is 18.3 Å². The van der Waals surface area contributed by atoms with Gasteiger partial charge in [0.1, 0.15) is 5.82 Å². The summed E-state index contributed by atoms with van der Waals surface area (Å²) < 4.78 is 39.9. The molecule has 0 atom stereocenters. The van der Waals surface area contributed by atoms with Crippen LogP contribution in [0.4, 0.5) is 10.1 Å². The molecular weight excluding hydrogens is 381 g/mol. The molecule has 0 aromatic heterocycles. The average molecular weight is 405 g/mol. The molecule has 0 saturated carbocycles. The van der Waals surface area contributed by atoms with Crippen LogP contribution in [0.5, 0.6) is 0 Å². The van der Waals surface area contributed by atoms with E-state index >= 15 is 0 Å². The van der Waals surface area contributed by atoms with Crippen LogP contribution in [0.3, 0.4) is 0 Å². The summed E-state index contributed by atoms with van der Waals surface area (Å²) in [6.45, 7) is 3.81. The fraction of sp³-hybridized carbons (Fsp3) is 0.350. The Morgan fingerprint density at radius 1 is 1.00 bits per heavy atom. The Bertz CT molecular complexity index is 907. The number of piperazine rings is 1. The van der Waals surface area contributed by atoms with Crippen LogP contribution in [0.25, 0.3) is 0 Å². The Kier molecular flexibility index (Phi) is 6.43. The predicted octanol–water partition coefficient (Wildman–Crippen LogP) is 2.33. The number of anilines is 1. The Morgan fingerprint density at radius 3 is 2.18 bits per heavy atom. The summed E-state index contributed by atoms with van der Waals surface area (Å²) in [5.41, 5.74) is 1.62. The van der Waals surface area contributed by atoms with Crippen LogP contribution in [-0.2, 0) is 21.2 Å². The Balaban J connectivity index is 1.53. The van der Waals surface area contributed by atoms with Gasteiger partial charge in [-0.25, -0.2) is 12.8 Å². The number of benzene rings is 2. The zero-order chi connectivity index (χ0) is 20.1. The molecule has 2 aromatic rings. The SMILES string of the molecule is CCc1ccc(S(=O)(=O)N2CCN(CC(=O)Nc3ccc(F)cc3)CC2)cc1. The summed E-state index contributed by atoms with van der Waals surface area (Å²) in [5.74, 6) is -0.572. The van der Waals surface area contributed by atoms with Crippen molar-refractivity contribution in [2.75, 3.05) is 38.0 Å². The van der Waals surface area contributed by atoms with E-state index < -0.39 is 10.0 Å². The number of halogens is 1. The summed E-state index contributed by atoms with van der Waals surface area (Å²) in [4.78, 5) is 14.4. The molecule has 150 valence electrons. The third-order valence-electron chi connectivity index (χ3n) is 4.80. The van der Waals surface area contributed by atoms with E-state index in [4.69, 9.17) is 0 Å². The zero-order valence-electron chi connectivity index (χ0n) is 15.8. The highest BCUT2D eigenvalue weighted by molar-refractivity contribution is 7.89. The van der Waals surface area contributed by atoms with Gasteiger partial charge in [-0.2, -0.15) is 4.31 Å². The molecule has 6 nitrogen and oxygen atoms in total. The molecular formula is C20H24FN3O3S. The smallest absolute Gasteiger partial charge is 0.243 e. The fourth-order valence-electron chi connectivity index (χ4n) is 3.11. The third kappa shape index (κ3) is 4.95. The molecule has 0 radical (unpaired) electrons. The molecule has 1 saturated heterocycles. The first-order valence-electron chi connectivity index (χ1n) is 9.25. The largest absolute Gasteiger partial charge is 0.325 e. The normalized spacial score (nSPS) is 16.1. The predicted molar refractivity (Wildman–Crippen MR) is 106 cm³/mol. The van der Waals surface area contributed by atoms with Crippen molar-refractivity contribution in [2.45, 2.75) is 18.2 Å². The minimum absolute atomic E-state index is 0.163. The van der Waals surface area contributed by atoms with Crippen molar-refractivity contribution in [2.24, 2.45) is 0 Å².